The van der Waals surface area contributed by atoms with Gasteiger partial charge in [0.25, 0.3) is 0 Å². The highest BCUT2D eigenvalue weighted by molar-refractivity contribution is 7.80. The zero-order valence-electron chi connectivity index (χ0n) is 29.2. The van der Waals surface area contributed by atoms with E-state index in [9.17, 15) is 19.2 Å². The van der Waals surface area contributed by atoms with Crippen LogP contribution in [0.5, 0.6) is 0 Å². The number of benzene rings is 2. The van der Waals surface area contributed by atoms with Crippen LogP contribution in [-0.4, -0.2) is 77.9 Å². The number of nitrogens with one attached hydrogen (secondary N) is 2. The van der Waals surface area contributed by atoms with Gasteiger partial charge in [0, 0.05) is 44.8 Å². The molecule has 2 N–H and O–H groups in total. The molecule has 0 aromatic heterocycles. The average Bonchev–Trinajstić information content (AvgIpc) is 3.14. The van der Waals surface area contributed by atoms with Gasteiger partial charge in [0.1, 0.15) is 12.7 Å². The Morgan fingerprint density at radius 2 is 1.33 bits per heavy atom. The van der Waals surface area contributed by atoms with Crippen molar-refractivity contribution in [2.24, 2.45) is 0 Å². The normalized spacial score (nSPS) is 27.0. The predicted octanol–water partition coefficient (Wildman–Crippen LogP) is 2.98. The summed E-state index contributed by atoms with van der Waals surface area (Å²) in [6, 6.07) is 20.6. The number of carbonyl (C=O) groups is 4. The number of carbonyl (C=O) groups excluding carboxylic acids is 4. The van der Waals surface area contributed by atoms with Crippen molar-refractivity contribution in [2.75, 3.05) is 6.61 Å². The Morgan fingerprint density at radius 3 is 1.91 bits per heavy atom. The third kappa shape index (κ3) is 9.70. The van der Waals surface area contributed by atoms with Crippen molar-refractivity contribution in [3.63, 3.8) is 0 Å². The van der Waals surface area contributed by atoms with Crippen molar-refractivity contribution in [3.8, 4) is 0 Å². The van der Waals surface area contributed by atoms with E-state index >= 15 is 0 Å². The molecule has 248 valence electrons. The standard InChI is InChI=1S/C33H41N2O9PS/c1-20(36)40-19-27-29(41-21(2)37)30(42-22(3)38)31(43-23(4)39)32(44-27)35-33(46)34-26-17-11-12-18-28(26)45(24-13-7-5-8-14-24)25-15-9-6-10-16-25/h5-10,13-16,26-32H,11-12,17-19H2,1-4H3,(H2,34,35,46)/t26?,27-,28?,29-,30+,31-,32-/m1/s1/i1D,2D,3D,4D. The van der Waals surface area contributed by atoms with E-state index in [0.29, 0.717) is 0 Å². The van der Waals surface area contributed by atoms with E-state index in [1.54, 1.807) is 0 Å². The smallest absolute Gasteiger partial charge is 0.303 e. The minimum Gasteiger partial charge on any atom is -0.463 e. The van der Waals surface area contributed by atoms with E-state index in [1.807, 2.05) is 36.4 Å². The second-order valence-electron chi connectivity index (χ2n) is 10.8. The summed E-state index contributed by atoms with van der Waals surface area (Å²) < 4.78 is 57.3. The molecule has 11 nitrogen and oxygen atoms in total. The van der Waals surface area contributed by atoms with Gasteiger partial charge < -0.3 is 34.3 Å². The molecule has 1 aliphatic heterocycles. The van der Waals surface area contributed by atoms with Gasteiger partial charge in [-0.15, -0.1) is 0 Å². The Labute approximate surface area is 281 Å². The highest BCUT2D eigenvalue weighted by atomic mass is 32.1. The fourth-order valence-corrected chi connectivity index (χ4v) is 9.18. The van der Waals surface area contributed by atoms with Crippen LogP contribution < -0.4 is 21.2 Å². The quantitative estimate of drug-likeness (QED) is 0.166. The summed E-state index contributed by atoms with van der Waals surface area (Å²) in [6.45, 7) is -3.74. The number of hydrogen-bond donors (Lipinski definition) is 2. The zero-order chi connectivity index (χ0) is 36.0. The van der Waals surface area contributed by atoms with Gasteiger partial charge in [0.15, 0.2) is 29.7 Å². The van der Waals surface area contributed by atoms with Gasteiger partial charge in [-0.3, -0.25) is 19.2 Å². The van der Waals surface area contributed by atoms with Crippen LogP contribution in [0.15, 0.2) is 60.7 Å². The Bertz CT molecular complexity index is 1410. The fourth-order valence-electron chi connectivity index (χ4n) is 5.84. The molecule has 0 radical (unpaired) electrons. The topological polar surface area (TPSA) is 138 Å². The highest BCUT2D eigenvalue weighted by Gasteiger charge is 2.52. The molecule has 1 heterocycles. The van der Waals surface area contributed by atoms with Crippen LogP contribution in [0.3, 0.4) is 0 Å². The van der Waals surface area contributed by atoms with Crippen molar-refractivity contribution in [3.05, 3.63) is 60.7 Å². The summed E-state index contributed by atoms with van der Waals surface area (Å²) in [4.78, 5) is 49.2. The van der Waals surface area contributed by atoms with E-state index < -0.39 is 96.6 Å². The molecule has 0 amide bonds. The van der Waals surface area contributed by atoms with E-state index in [2.05, 4.69) is 34.9 Å². The van der Waals surface area contributed by atoms with Crippen molar-refractivity contribution in [2.45, 2.75) is 95.6 Å². The maximum atomic E-state index is 12.5. The van der Waals surface area contributed by atoms with E-state index in [1.165, 1.54) is 10.6 Å². The van der Waals surface area contributed by atoms with Gasteiger partial charge in [-0.1, -0.05) is 73.5 Å². The predicted molar refractivity (Wildman–Crippen MR) is 176 cm³/mol. The lowest BCUT2D eigenvalue weighted by Gasteiger charge is -2.45. The first-order valence-corrected chi connectivity index (χ1v) is 16.5. The minimum atomic E-state index is -1.61. The lowest BCUT2D eigenvalue weighted by molar-refractivity contribution is -0.254. The van der Waals surface area contributed by atoms with Crippen molar-refractivity contribution >= 4 is 59.7 Å². The van der Waals surface area contributed by atoms with E-state index in [-0.39, 0.29) is 16.8 Å². The Hall–Kier alpha value is -3.60. The maximum absolute atomic E-state index is 12.5. The Morgan fingerprint density at radius 1 is 0.783 bits per heavy atom. The van der Waals surface area contributed by atoms with Crippen molar-refractivity contribution in [1.29, 1.82) is 0 Å². The van der Waals surface area contributed by atoms with Crippen LogP contribution in [0, 0.1) is 0 Å². The van der Waals surface area contributed by atoms with E-state index in [4.69, 9.17) is 41.4 Å². The van der Waals surface area contributed by atoms with Gasteiger partial charge in [-0.2, -0.15) is 0 Å². The van der Waals surface area contributed by atoms with Gasteiger partial charge in [0.05, 0.1) is 0 Å². The first-order chi connectivity index (χ1) is 24.2. The number of esters is 4. The largest absolute Gasteiger partial charge is 0.463 e. The molecule has 46 heavy (non-hydrogen) atoms. The van der Waals surface area contributed by atoms with Gasteiger partial charge in [-0.05, 0) is 43.6 Å². The Kier molecular flexibility index (Phi) is 10.9. The van der Waals surface area contributed by atoms with Crippen LogP contribution >= 0.6 is 20.1 Å². The second kappa shape index (κ2) is 16.8. The molecule has 2 aromatic carbocycles. The maximum Gasteiger partial charge on any atom is 0.303 e. The molecule has 2 aromatic rings. The SMILES string of the molecule is [2H]CC(=O)OC[C@H]1O[C@@H](NC(=S)NC2CCCCC2P(c2ccccc2)c2ccccc2)[C@H](OC(=O)C[2H])[C@@H](OC(=O)C[2H])[C@@H]1OC(=O)C[2H]. The van der Waals surface area contributed by atoms with Crippen LogP contribution in [0.4, 0.5) is 0 Å². The molecular formula is C33H41N2O9PS. The summed E-state index contributed by atoms with van der Waals surface area (Å²) >= 11 is 5.78. The molecule has 1 saturated heterocycles. The highest BCUT2D eigenvalue weighted by Crippen LogP contribution is 2.46. The van der Waals surface area contributed by atoms with Gasteiger partial charge >= 0.3 is 23.9 Å². The molecule has 1 saturated carbocycles. The number of thiocarbonyl (C=S) groups is 1. The first kappa shape index (κ1) is 29.8. The lowest BCUT2D eigenvalue weighted by Crippen LogP contribution is -2.67. The average molecular weight is 677 g/mol. The van der Waals surface area contributed by atoms with Crippen LogP contribution in [-0.2, 0) is 42.9 Å². The zero-order valence-corrected chi connectivity index (χ0v) is 26.9. The molecule has 2 aliphatic rings. The molecule has 2 fully saturated rings. The van der Waals surface area contributed by atoms with Crippen molar-refractivity contribution in [1.82, 2.24) is 10.6 Å². The fraction of sp³-hybridized carbons (Fsp3) is 0.485. The minimum absolute atomic E-state index is 0.0791. The van der Waals surface area contributed by atoms with Crippen LogP contribution in [0.2, 0.25) is 0 Å². The number of hydrogen-bond acceptors (Lipinski definition) is 10. The molecule has 4 rings (SSSR count). The molecule has 7 atom stereocenters. The summed E-state index contributed by atoms with van der Waals surface area (Å²) in [5.41, 5.74) is 0.184. The molecule has 1 aliphatic carbocycles. The summed E-state index contributed by atoms with van der Waals surface area (Å²) in [5, 5.41) is 9.00. The first-order valence-electron chi connectivity index (χ1n) is 17.5. The van der Waals surface area contributed by atoms with Gasteiger partial charge in [-0.25, -0.2) is 0 Å². The summed E-state index contributed by atoms with van der Waals surface area (Å²) in [6.07, 6.45) is -3.70. The molecule has 2 unspecified atom stereocenters. The van der Waals surface area contributed by atoms with Crippen LogP contribution in [0.1, 0.15) is 58.8 Å². The molecular weight excluding hydrogens is 631 g/mol. The summed E-state index contributed by atoms with van der Waals surface area (Å²) in [5.74, 6) is -4.05. The van der Waals surface area contributed by atoms with E-state index in [0.717, 1.165) is 25.7 Å². The molecule has 0 bridgehead atoms. The number of rotatable bonds is 10. The Balaban J connectivity index is 1.64. The third-order valence-electron chi connectivity index (χ3n) is 7.56. The molecule has 0 spiro atoms. The number of ether oxygens (including phenoxy) is 5. The van der Waals surface area contributed by atoms with Gasteiger partial charge in [0.2, 0.25) is 0 Å². The third-order valence-corrected chi connectivity index (χ3v) is 10.8. The lowest BCUT2D eigenvalue weighted by atomic mass is 9.95. The monoisotopic (exact) mass is 676 g/mol. The van der Waals surface area contributed by atoms with Crippen molar-refractivity contribution < 1.29 is 48.3 Å². The molecule has 13 heteroatoms. The van der Waals surface area contributed by atoms with Crippen LogP contribution in [0.25, 0.3) is 0 Å². The summed E-state index contributed by atoms with van der Waals surface area (Å²) in [7, 11) is -0.811. The second-order valence-corrected chi connectivity index (χ2v) is 13.6.